The third-order valence-corrected chi connectivity index (χ3v) is 9.35. The minimum absolute atomic E-state index is 0.0290. The van der Waals surface area contributed by atoms with Crippen LogP contribution in [0.1, 0.15) is 57.1 Å². The number of carbonyl (C=O) groups excluding carboxylic acids is 1. The smallest absolute Gasteiger partial charge is 0.200 e. The van der Waals surface area contributed by atoms with Gasteiger partial charge in [0.05, 0.1) is 19.8 Å². The van der Waals surface area contributed by atoms with E-state index in [0.717, 1.165) is 46.3 Å². The molecule has 0 radical (unpaired) electrons. The van der Waals surface area contributed by atoms with Gasteiger partial charge in [0.15, 0.2) is 23.0 Å². The van der Waals surface area contributed by atoms with Crippen molar-refractivity contribution in [3.8, 4) is 34.5 Å². The van der Waals surface area contributed by atoms with Crippen LogP contribution in [-0.4, -0.2) is 57.7 Å². The van der Waals surface area contributed by atoms with Crippen molar-refractivity contribution >= 4 is 22.2 Å². The molecule has 10 nitrogen and oxygen atoms in total. The summed E-state index contributed by atoms with van der Waals surface area (Å²) >= 11 is 0. The third kappa shape index (κ3) is 10.4. The highest BCUT2D eigenvalue weighted by atomic mass is 16.5. The molecular weight excluding hydrogens is 660 g/mol. The number of benzene rings is 4. The number of phenolic OH excluding ortho intramolecular Hbond substituents is 4. The second kappa shape index (κ2) is 17.7. The van der Waals surface area contributed by atoms with E-state index in [-0.39, 0.29) is 47.4 Å². The first-order valence-electron chi connectivity index (χ1n) is 17.9. The average molecular weight is 711 g/mol. The predicted molar refractivity (Wildman–Crippen MR) is 203 cm³/mol. The number of nitrogens with one attached hydrogen (secondary N) is 2. The van der Waals surface area contributed by atoms with Crippen LogP contribution in [0, 0.1) is 11.8 Å². The van der Waals surface area contributed by atoms with Crippen LogP contribution in [0.3, 0.4) is 0 Å². The van der Waals surface area contributed by atoms with E-state index in [1.54, 1.807) is 36.4 Å². The zero-order chi connectivity index (χ0) is 37.2. The van der Waals surface area contributed by atoms with E-state index >= 15 is 0 Å². The molecule has 2 unspecified atom stereocenters. The van der Waals surface area contributed by atoms with Gasteiger partial charge < -0.3 is 45.6 Å². The maximum atomic E-state index is 14.0. The number of hydrogen-bond donors (Lipinski definition) is 7. The highest BCUT2D eigenvalue weighted by Gasteiger charge is 2.28. The minimum atomic E-state index is -0.960. The van der Waals surface area contributed by atoms with Crippen LogP contribution in [0.25, 0.3) is 10.8 Å². The Morgan fingerprint density at radius 2 is 1.63 bits per heavy atom. The second-order valence-corrected chi connectivity index (χ2v) is 13.8. The molecule has 1 aliphatic heterocycles. The van der Waals surface area contributed by atoms with E-state index in [2.05, 4.69) is 24.5 Å². The van der Waals surface area contributed by atoms with Gasteiger partial charge in [-0.3, -0.25) is 4.79 Å². The van der Waals surface area contributed by atoms with E-state index in [1.165, 1.54) is 13.2 Å². The quantitative estimate of drug-likeness (QED) is 0.0408. The Balaban J connectivity index is 1.30. The molecule has 0 spiro atoms. The highest BCUT2D eigenvalue weighted by Crippen LogP contribution is 2.37. The lowest BCUT2D eigenvalue weighted by molar-refractivity contribution is -0.126. The van der Waals surface area contributed by atoms with Crippen LogP contribution >= 0.6 is 0 Å². The van der Waals surface area contributed by atoms with Crippen LogP contribution < -0.4 is 20.1 Å². The molecule has 7 N–H and O–H groups in total. The first-order valence-corrected chi connectivity index (χ1v) is 17.9. The van der Waals surface area contributed by atoms with Gasteiger partial charge >= 0.3 is 0 Å². The van der Waals surface area contributed by atoms with Gasteiger partial charge in [-0.25, -0.2) is 0 Å². The van der Waals surface area contributed by atoms with Crippen LogP contribution in [0.5, 0.6) is 34.5 Å². The zero-order valence-electron chi connectivity index (χ0n) is 30.1. The summed E-state index contributed by atoms with van der Waals surface area (Å²) in [6, 6.07) is 19.2. The second-order valence-electron chi connectivity index (χ2n) is 13.8. The molecule has 0 aromatic heterocycles. The number of fused-ring (bicyclic) bond motifs is 1. The van der Waals surface area contributed by atoms with Crippen LogP contribution in [-0.2, 0) is 17.6 Å². The van der Waals surface area contributed by atoms with E-state index in [4.69, 9.17) is 9.47 Å². The van der Waals surface area contributed by atoms with Crippen molar-refractivity contribution < 1.29 is 39.8 Å². The number of phenols is 4. The van der Waals surface area contributed by atoms with E-state index < -0.39 is 12.0 Å². The molecule has 0 aliphatic carbocycles. The Morgan fingerprint density at radius 3 is 2.42 bits per heavy atom. The number of ether oxygens (including phenoxy) is 2. The molecule has 276 valence electrons. The number of ketones is 1. The van der Waals surface area contributed by atoms with Gasteiger partial charge in [0, 0.05) is 24.6 Å². The van der Waals surface area contributed by atoms with Gasteiger partial charge in [-0.05, 0) is 127 Å². The van der Waals surface area contributed by atoms with Gasteiger partial charge in [-0.2, -0.15) is 0 Å². The first kappa shape index (κ1) is 37.9. The summed E-state index contributed by atoms with van der Waals surface area (Å²) in [5.41, 5.74) is 3.26. The first-order chi connectivity index (χ1) is 25.0. The molecule has 0 amide bonds. The highest BCUT2D eigenvalue weighted by molar-refractivity contribution is 5.87. The summed E-state index contributed by atoms with van der Waals surface area (Å²) in [6.45, 7) is 5.19. The summed E-state index contributed by atoms with van der Waals surface area (Å²) < 4.78 is 11.0. The van der Waals surface area contributed by atoms with Crippen molar-refractivity contribution in [2.45, 2.75) is 64.9 Å². The Bertz CT molecular complexity index is 1920. The Hall–Kier alpha value is -5.35. The molecule has 1 aliphatic rings. The number of carbonyl (C=O) groups is 1. The fourth-order valence-corrected chi connectivity index (χ4v) is 6.42. The number of allylic oxidation sites excluding steroid dienone is 2. The lowest BCUT2D eigenvalue weighted by Crippen LogP contribution is -2.31. The van der Waals surface area contributed by atoms with Crippen molar-refractivity contribution in [1.82, 2.24) is 5.32 Å². The molecule has 10 heteroatoms. The molecule has 0 bridgehead atoms. The maximum absolute atomic E-state index is 14.0. The molecule has 4 aromatic carbocycles. The van der Waals surface area contributed by atoms with Crippen LogP contribution in [0.4, 0.5) is 5.69 Å². The summed E-state index contributed by atoms with van der Waals surface area (Å²) in [5.74, 6) is 0.576. The molecule has 2 atom stereocenters. The number of aromatic hydroxyl groups is 4. The molecule has 52 heavy (non-hydrogen) atoms. The fourth-order valence-electron chi connectivity index (χ4n) is 6.42. The van der Waals surface area contributed by atoms with Crippen molar-refractivity contribution in [1.29, 1.82) is 0 Å². The van der Waals surface area contributed by atoms with Gasteiger partial charge in [-0.15, -0.1) is 0 Å². The van der Waals surface area contributed by atoms with Crippen molar-refractivity contribution in [2.24, 2.45) is 11.8 Å². The maximum Gasteiger partial charge on any atom is 0.200 e. The summed E-state index contributed by atoms with van der Waals surface area (Å²) in [5, 5.41) is 60.8. The third-order valence-electron chi connectivity index (χ3n) is 9.35. The number of hydrogen-bond acceptors (Lipinski definition) is 10. The van der Waals surface area contributed by atoms with E-state index in [1.807, 2.05) is 36.4 Å². The molecule has 5 rings (SSSR count). The fraction of sp³-hybridized carbons (Fsp3) is 0.357. The molecular formula is C42H50N2O8. The number of aryl methyl sites for hydroxylation is 2. The van der Waals surface area contributed by atoms with E-state index in [9.17, 15) is 30.3 Å². The lowest BCUT2D eigenvalue weighted by atomic mass is 9.84. The lowest BCUT2D eigenvalue weighted by Gasteiger charge is -2.25. The topological polar surface area (TPSA) is 161 Å². The number of methoxy groups -OCH3 is 1. The zero-order valence-corrected chi connectivity index (χ0v) is 30.1. The number of aliphatic hydroxyl groups is 1. The SMILES string of the molecule is COc1cc(CCC(O)C(CC2=CCNC(Nc3ccc4cc(O)ccc4c3)=C2)C(=O)CCc2cc(O)c(O)c(OCCCC(C)C)c2)ccc1O. The number of dihydropyridines is 1. The minimum Gasteiger partial charge on any atom is -0.508 e. The van der Waals surface area contributed by atoms with Crippen molar-refractivity contribution in [2.75, 3.05) is 25.6 Å². The molecule has 4 aromatic rings. The van der Waals surface area contributed by atoms with Gasteiger partial charge in [-0.1, -0.05) is 38.1 Å². The van der Waals surface area contributed by atoms with Crippen molar-refractivity contribution in [3.05, 3.63) is 101 Å². The normalized spacial score (nSPS) is 13.9. The summed E-state index contributed by atoms with van der Waals surface area (Å²) in [7, 11) is 1.48. The number of anilines is 1. The monoisotopic (exact) mass is 710 g/mol. The summed E-state index contributed by atoms with van der Waals surface area (Å²) in [6.07, 6.45) is 6.26. The molecule has 0 fully saturated rings. The van der Waals surface area contributed by atoms with Crippen LogP contribution in [0.15, 0.2) is 90.3 Å². The predicted octanol–water partition coefficient (Wildman–Crippen LogP) is 7.47. The largest absolute Gasteiger partial charge is 0.508 e. The summed E-state index contributed by atoms with van der Waals surface area (Å²) in [4.78, 5) is 14.0. The number of Topliss-reactive ketones (excluding diaryl/α,β-unsaturated/α-hetero) is 1. The van der Waals surface area contributed by atoms with Gasteiger partial charge in [0.2, 0.25) is 5.75 Å². The molecule has 0 saturated heterocycles. The average Bonchev–Trinajstić information content (AvgIpc) is 3.12. The Labute approximate surface area is 305 Å². The Morgan fingerprint density at radius 1 is 0.865 bits per heavy atom. The molecule has 0 saturated carbocycles. The van der Waals surface area contributed by atoms with Gasteiger partial charge in [0.1, 0.15) is 17.4 Å². The number of aliphatic hydroxyl groups excluding tert-OH is 1. The Kier molecular flexibility index (Phi) is 12.9. The van der Waals surface area contributed by atoms with E-state index in [0.29, 0.717) is 49.6 Å². The molecule has 1 heterocycles. The van der Waals surface area contributed by atoms with Gasteiger partial charge in [0.25, 0.3) is 0 Å². The van der Waals surface area contributed by atoms with Crippen LogP contribution in [0.2, 0.25) is 0 Å². The van der Waals surface area contributed by atoms with Crippen molar-refractivity contribution in [3.63, 3.8) is 0 Å². The number of rotatable bonds is 18. The standard InChI is InChI=1S/C42H50N2O8/c1-26(2)5-4-18-52-40-22-28(20-38(49)42(40)50)8-14-36(47)34(35(46)13-6-27-7-15-37(48)39(21-27)51-3)19-29-16-17-43-41(23-29)44-32-11-9-31-25-33(45)12-10-30(31)24-32/h7,9-12,15-16,20-26,34-35,43-46,48-50H,4-6,8,13-14,17-19H2,1-3H3.